The number of aliphatic hydroxyl groups excluding tert-OH is 1. The Balaban J connectivity index is 2.15. The van der Waals surface area contributed by atoms with E-state index < -0.39 is 0 Å². The molecule has 2 nitrogen and oxygen atoms in total. The zero-order valence-electron chi connectivity index (χ0n) is 9.45. The molecule has 1 heterocycles. The highest BCUT2D eigenvalue weighted by molar-refractivity contribution is 9.10. The van der Waals surface area contributed by atoms with Gasteiger partial charge >= 0.3 is 0 Å². The van der Waals surface area contributed by atoms with E-state index in [2.05, 4.69) is 22.0 Å². The molecule has 0 radical (unpaired) electrons. The van der Waals surface area contributed by atoms with Crippen LogP contribution in [-0.2, 0) is 4.74 Å². The molecular formula is C13H17BrO2. The van der Waals surface area contributed by atoms with Crippen molar-refractivity contribution < 1.29 is 9.84 Å². The second-order valence-corrected chi connectivity index (χ2v) is 5.31. The number of ether oxygens (including phenoxy) is 1. The van der Waals surface area contributed by atoms with Crippen molar-refractivity contribution in [2.45, 2.75) is 25.9 Å². The molecular weight excluding hydrogens is 268 g/mol. The van der Waals surface area contributed by atoms with Gasteiger partial charge in [-0.05, 0) is 48.9 Å². The summed E-state index contributed by atoms with van der Waals surface area (Å²) in [6.45, 7) is 3.59. The van der Waals surface area contributed by atoms with Crippen molar-refractivity contribution in [2.24, 2.45) is 5.92 Å². The first-order chi connectivity index (χ1) is 7.68. The predicted octanol–water partition coefficient (Wildman–Crippen LogP) is 3.22. The van der Waals surface area contributed by atoms with Gasteiger partial charge in [0.1, 0.15) is 0 Å². The van der Waals surface area contributed by atoms with Crippen LogP contribution >= 0.6 is 15.9 Å². The fraction of sp³-hybridized carbons (Fsp3) is 0.538. The number of benzene rings is 1. The molecule has 1 unspecified atom stereocenters. The van der Waals surface area contributed by atoms with E-state index in [1.165, 1.54) is 0 Å². The van der Waals surface area contributed by atoms with E-state index in [9.17, 15) is 5.11 Å². The summed E-state index contributed by atoms with van der Waals surface area (Å²) >= 11 is 3.44. The van der Waals surface area contributed by atoms with Crippen LogP contribution < -0.4 is 0 Å². The number of rotatable bonds is 2. The minimum atomic E-state index is -0.350. The Labute approximate surface area is 105 Å². The van der Waals surface area contributed by atoms with Crippen molar-refractivity contribution in [1.82, 2.24) is 0 Å². The van der Waals surface area contributed by atoms with E-state index in [-0.39, 0.29) is 6.10 Å². The van der Waals surface area contributed by atoms with Gasteiger partial charge in [-0.1, -0.05) is 22.0 Å². The first-order valence-electron chi connectivity index (χ1n) is 5.70. The molecule has 1 saturated heterocycles. The monoisotopic (exact) mass is 284 g/mol. The summed E-state index contributed by atoms with van der Waals surface area (Å²) in [5.74, 6) is 0.341. The summed E-state index contributed by atoms with van der Waals surface area (Å²) in [4.78, 5) is 0. The Morgan fingerprint density at radius 2 is 2.06 bits per heavy atom. The Kier molecular flexibility index (Phi) is 4.00. The SMILES string of the molecule is Cc1cc(Br)ccc1C(O)C1CCOCC1. The van der Waals surface area contributed by atoms with E-state index in [0.29, 0.717) is 5.92 Å². The Morgan fingerprint density at radius 3 is 2.69 bits per heavy atom. The summed E-state index contributed by atoms with van der Waals surface area (Å²) < 4.78 is 6.38. The van der Waals surface area contributed by atoms with E-state index >= 15 is 0 Å². The minimum Gasteiger partial charge on any atom is -0.388 e. The van der Waals surface area contributed by atoms with Crippen LogP contribution in [0.25, 0.3) is 0 Å². The normalized spacial score (nSPS) is 19.7. The smallest absolute Gasteiger partial charge is 0.0822 e. The molecule has 1 fully saturated rings. The molecule has 0 aromatic heterocycles. The number of halogens is 1. The molecule has 1 aliphatic heterocycles. The highest BCUT2D eigenvalue weighted by atomic mass is 79.9. The van der Waals surface area contributed by atoms with Crippen LogP contribution in [0.1, 0.15) is 30.1 Å². The topological polar surface area (TPSA) is 29.5 Å². The van der Waals surface area contributed by atoms with Gasteiger partial charge in [-0.3, -0.25) is 0 Å². The predicted molar refractivity (Wildman–Crippen MR) is 67.4 cm³/mol. The van der Waals surface area contributed by atoms with Crippen molar-refractivity contribution >= 4 is 15.9 Å². The molecule has 0 bridgehead atoms. The van der Waals surface area contributed by atoms with E-state index in [1.807, 2.05) is 19.1 Å². The molecule has 88 valence electrons. The van der Waals surface area contributed by atoms with Gasteiger partial charge < -0.3 is 9.84 Å². The highest BCUT2D eigenvalue weighted by Gasteiger charge is 2.24. The van der Waals surface area contributed by atoms with Gasteiger partial charge in [-0.2, -0.15) is 0 Å². The third-order valence-corrected chi connectivity index (χ3v) is 3.76. The van der Waals surface area contributed by atoms with Crippen molar-refractivity contribution in [3.63, 3.8) is 0 Å². The molecule has 2 rings (SSSR count). The Morgan fingerprint density at radius 1 is 1.38 bits per heavy atom. The molecule has 16 heavy (non-hydrogen) atoms. The summed E-state index contributed by atoms with van der Waals surface area (Å²) in [7, 11) is 0. The second kappa shape index (κ2) is 5.30. The quantitative estimate of drug-likeness (QED) is 0.904. The van der Waals surface area contributed by atoms with E-state index in [1.54, 1.807) is 0 Å². The van der Waals surface area contributed by atoms with E-state index in [4.69, 9.17) is 4.74 Å². The van der Waals surface area contributed by atoms with Crippen molar-refractivity contribution in [3.8, 4) is 0 Å². The van der Waals surface area contributed by atoms with Crippen LogP contribution in [0.5, 0.6) is 0 Å². The van der Waals surface area contributed by atoms with Crippen LogP contribution in [0.15, 0.2) is 22.7 Å². The lowest BCUT2D eigenvalue weighted by atomic mass is 9.88. The molecule has 0 aliphatic carbocycles. The molecule has 0 amide bonds. The van der Waals surface area contributed by atoms with Crippen molar-refractivity contribution in [2.75, 3.05) is 13.2 Å². The van der Waals surface area contributed by atoms with Crippen LogP contribution in [0.2, 0.25) is 0 Å². The zero-order chi connectivity index (χ0) is 11.5. The van der Waals surface area contributed by atoms with Crippen LogP contribution in [0.3, 0.4) is 0 Å². The minimum absolute atomic E-state index is 0.341. The van der Waals surface area contributed by atoms with Gasteiger partial charge in [0.05, 0.1) is 6.10 Å². The maximum absolute atomic E-state index is 10.3. The molecule has 1 aromatic carbocycles. The summed E-state index contributed by atoms with van der Waals surface area (Å²) in [5, 5.41) is 10.3. The molecule has 0 saturated carbocycles. The maximum atomic E-state index is 10.3. The van der Waals surface area contributed by atoms with Gasteiger partial charge in [-0.15, -0.1) is 0 Å². The lowest BCUT2D eigenvalue weighted by Gasteiger charge is -2.27. The van der Waals surface area contributed by atoms with Crippen LogP contribution in [0.4, 0.5) is 0 Å². The average molecular weight is 285 g/mol. The third-order valence-electron chi connectivity index (χ3n) is 3.26. The van der Waals surface area contributed by atoms with Gasteiger partial charge in [-0.25, -0.2) is 0 Å². The van der Waals surface area contributed by atoms with Crippen LogP contribution in [0, 0.1) is 12.8 Å². The maximum Gasteiger partial charge on any atom is 0.0822 e. The summed E-state index contributed by atoms with van der Waals surface area (Å²) in [5.41, 5.74) is 2.20. The summed E-state index contributed by atoms with van der Waals surface area (Å²) in [6.07, 6.45) is 1.56. The number of aliphatic hydroxyl groups is 1. The lowest BCUT2D eigenvalue weighted by molar-refractivity contribution is 0.00695. The molecule has 1 N–H and O–H groups in total. The van der Waals surface area contributed by atoms with Gasteiger partial charge in [0.15, 0.2) is 0 Å². The first-order valence-corrected chi connectivity index (χ1v) is 6.49. The number of hydrogen-bond acceptors (Lipinski definition) is 2. The summed E-state index contributed by atoms with van der Waals surface area (Å²) in [6, 6.07) is 6.06. The third kappa shape index (κ3) is 2.65. The fourth-order valence-corrected chi connectivity index (χ4v) is 2.73. The van der Waals surface area contributed by atoms with Gasteiger partial charge in [0, 0.05) is 17.7 Å². The molecule has 1 atom stereocenters. The van der Waals surface area contributed by atoms with Crippen molar-refractivity contribution in [1.29, 1.82) is 0 Å². The van der Waals surface area contributed by atoms with E-state index in [0.717, 1.165) is 41.7 Å². The second-order valence-electron chi connectivity index (χ2n) is 4.40. The molecule has 0 spiro atoms. The molecule has 3 heteroatoms. The largest absolute Gasteiger partial charge is 0.388 e. The average Bonchev–Trinajstić information content (AvgIpc) is 2.29. The van der Waals surface area contributed by atoms with Gasteiger partial charge in [0.2, 0.25) is 0 Å². The lowest BCUT2D eigenvalue weighted by Crippen LogP contribution is -2.22. The number of hydrogen-bond donors (Lipinski definition) is 1. The first kappa shape index (κ1) is 12.1. The zero-order valence-corrected chi connectivity index (χ0v) is 11.0. The fourth-order valence-electron chi connectivity index (χ4n) is 2.26. The molecule has 1 aliphatic rings. The van der Waals surface area contributed by atoms with Crippen LogP contribution in [-0.4, -0.2) is 18.3 Å². The number of aryl methyl sites for hydroxylation is 1. The standard InChI is InChI=1S/C13H17BrO2/c1-9-8-11(14)2-3-12(9)13(15)10-4-6-16-7-5-10/h2-3,8,10,13,15H,4-7H2,1H3. The van der Waals surface area contributed by atoms with Gasteiger partial charge in [0.25, 0.3) is 0 Å². The van der Waals surface area contributed by atoms with Crippen molar-refractivity contribution in [3.05, 3.63) is 33.8 Å². The highest BCUT2D eigenvalue weighted by Crippen LogP contribution is 2.32. The Hall–Kier alpha value is -0.380. The Bertz CT molecular complexity index is 359. The molecule has 1 aromatic rings.